The second-order valence-electron chi connectivity index (χ2n) is 5.98. The van der Waals surface area contributed by atoms with E-state index in [-0.39, 0.29) is 0 Å². The molecule has 118 valence electrons. The lowest BCUT2D eigenvalue weighted by Crippen LogP contribution is -2.21. The van der Waals surface area contributed by atoms with Crippen LogP contribution in [0, 0.1) is 6.92 Å². The van der Waals surface area contributed by atoms with Gasteiger partial charge in [0, 0.05) is 56.9 Å². The van der Waals surface area contributed by atoms with E-state index in [0.717, 1.165) is 32.8 Å². The summed E-state index contributed by atoms with van der Waals surface area (Å²) in [5.74, 6) is 1.73. The number of likely N-dealkylation sites (tertiary alicyclic amines) is 1. The molecule has 3 rings (SSSR count). The highest BCUT2D eigenvalue weighted by atomic mass is 16.5. The van der Waals surface area contributed by atoms with Crippen LogP contribution >= 0.6 is 0 Å². The van der Waals surface area contributed by atoms with Gasteiger partial charge >= 0.3 is 0 Å². The van der Waals surface area contributed by atoms with Gasteiger partial charge in [-0.3, -0.25) is 9.88 Å². The number of hydrogen-bond donors (Lipinski definition) is 0. The lowest BCUT2D eigenvalue weighted by atomic mass is 10.1. The number of methoxy groups -OCH3 is 1. The number of imidazole rings is 1. The van der Waals surface area contributed by atoms with Gasteiger partial charge in [0.1, 0.15) is 5.82 Å². The molecule has 1 saturated heterocycles. The fraction of sp³-hybridized carbons (Fsp3) is 0.529. The predicted molar refractivity (Wildman–Crippen MR) is 85.7 cm³/mol. The van der Waals surface area contributed by atoms with Gasteiger partial charge in [0.25, 0.3) is 0 Å². The van der Waals surface area contributed by atoms with Crippen molar-refractivity contribution < 1.29 is 4.74 Å². The summed E-state index contributed by atoms with van der Waals surface area (Å²) in [5.41, 5.74) is 2.50. The molecule has 2 aromatic heterocycles. The Morgan fingerprint density at radius 3 is 3.05 bits per heavy atom. The number of pyridine rings is 1. The van der Waals surface area contributed by atoms with E-state index in [1.54, 1.807) is 7.11 Å². The molecule has 0 aromatic carbocycles. The molecule has 1 aliphatic rings. The molecule has 0 bridgehead atoms. The Morgan fingerprint density at radius 1 is 1.36 bits per heavy atom. The highest BCUT2D eigenvalue weighted by molar-refractivity contribution is 5.12. The Bertz CT molecular complexity index is 596. The molecule has 3 heterocycles. The van der Waals surface area contributed by atoms with Crippen LogP contribution in [-0.2, 0) is 17.8 Å². The van der Waals surface area contributed by atoms with E-state index >= 15 is 0 Å². The average molecular weight is 300 g/mol. The van der Waals surface area contributed by atoms with Crippen LogP contribution in [0.3, 0.4) is 0 Å². The maximum Gasteiger partial charge on any atom is 0.113 e. The minimum Gasteiger partial charge on any atom is -0.383 e. The third-order valence-corrected chi connectivity index (χ3v) is 4.37. The molecular formula is C17H24N4O. The first-order valence-corrected chi connectivity index (χ1v) is 7.90. The van der Waals surface area contributed by atoms with Crippen molar-refractivity contribution in [2.75, 3.05) is 26.8 Å². The van der Waals surface area contributed by atoms with E-state index in [4.69, 9.17) is 4.74 Å². The van der Waals surface area contributed by atoms with Gasteiger partial charge in [0.2, 0.25) is 0 Å². The molecule has 1 atom stereocenters. The largest absolute Gasteiger partial charge is 0.383 e. The molecule has 0 saturated carbocycles. The molecule has 0 radical (unpaired) electrons. The number of nitrogens with zero attached hydrogens (tertiary/aromatic N) is 4. The second kappa shape index (κ2) is 7.03. The van der Waals surface area contributed by atoms with Gasteiger partial charge in [-0.2, -0.15) is 0 Å². The van der Waals surface area contributed by atoms with Crippen LogP contribution in [0.15, 0.2) is 30.7 Å². The Labute approximate surface area is 131 Å². The Balaban J connectivity index is 1.65. The van der Waals surface area contributed by atoms with Crippen molar-refractivity contribution in [1.29, 1.82) is 0 Å². The topological polar surface area (TPSA) is 43.2 Å². The van der Waals surface area contributed by atoms with Crippen molar-refractivity contribution in [2.45, 2.75) is 32.4 Å². The summed E-state index contributed by atoms with van der Waals surface area (Å²) in [4.78, 5) is 11.4. The molecular weight excluding hydrogens is 276 g/mol. The molecule has 5 heteroatoms. The zero-order valence-corrected chi connectivity index (χ0v) is 13.4. The quantitative estimate of drug-likeness (QED) is 0.820. The van der Waals surface area contributed by atoms with Crippen LogP contribution in [0.5, 0.6) is 0 Å². The van der Waals surface area contributed by atoms with E-state index in [9.17, 15) is 0 Å². The molecule has 1 aliphatic heterocycles. The van der Waals surface area contributed by atoms with Crippen molar-refractivity contribution >= 4 is 0 Å². The van der Waals surface area contributed by atoms with Crippen LogP contribution in [0.2, 0.25) is 0 Å². The summed E-state index contributed by atoms with van der Waals surface area (Å²) >= 11 is 0. The Morgan fingerprint density at radius 2 is 2.27 bits per heavy atom. The van der Waals surface area contributed by atoms with Crippen LogP contribution in [0.25, 0.3) is 0 Å². The molecule has 22 heavy (non-hydrogen) atoms. The van der Waals surface area contributed by atoms with Crippen LogP contribution in [-0.4, -0.2) is 46.2 Å². The number of hydrogen-bond acceptors (Lipinski definition) is 4. The lowest BCUT2D eigenvalue weighted by Gasteiger charge is -2.17. The maximum atomic E-state index is 5.22. The molecule has 0 N–H and O–H groups in total. The lowest BCUT2D eigenvalue weighted by molar-refractivity contribution is 0.185. The highest BCUT2D eigenvalue weighted by Gasteiger charge is 2.27. The smallest absolute Gasteiger partial charge is 0.113 e. The van der Waals surface area contributed by atoms with Crippen LogP contribution in [0.1, 0.15) is 29.4 Å². The fourth-order valence-corrected chi connectivity index (χ4v) is 3.22. The van der Waals surface area contributed by atoms with Crippen LogP contribution in [0.4, 0.5) is 0 Å². The summed E-state index contributed by atoms with van der Waals surface area (Å²) in [7, 11) is 1.75. The van der Waals surface area contributed by atoms with E-state index in [1.807, 2.05) is 24.7 Å². The molecule has 0 spiro atoms. The molecule has 0 amide bonds. The minimum atomic E-state index is 0.516. The molecule has 5 nitrogen and oxygen atoms in total. The van der Waals surface area contributed by atoms with Crippen LogP contribution < -0.4 is 0 Å². The summed E-state index contributed by atoms with van der Waals surface area (Å²) in [5, 5.41) is 0. The number of rotatable bonds is 6. The Kier molecular flexibility index (Phi) is 4.85. The van der Waals surface area contributed by atoms with E-state index in [2.05, 4.69) is 32.4 Å². The van der Waals surface area contributed by atoms with Crippen molar-refractivity contribution in [3.05, 3.63) is 47.8 Å². The normalized spacial score (nSPS) is 18.9. The zero-order valence-electron chi connectivity index (χ0n) is 13.4. The number of ether oxygens (including phenoxy) is 1. The van der Waals surface area contributed by atoms with Crippen molar-refractivity contribution in [1.82, 2.24) is 19.4 Å². The first kappa shape index (κ1) is 15.2. The van der Waals surface area contributed by atoms with Gasteiger partial charge in [-0.25, -0.2) is 4.98 Å². The maximum absolute atomic E-state index is 5.22. The fourth-order valence-electron chi connectivity index (χ4n) is 3.22. The SMILES string of the molecule is COCCn1c(C)cnc1C1CCN(Cc2cccnc2)C1. The number of aromatic nitrogens is 3. The second-order valence-corrected chi connectivity index (χ2v) is 5.98. The third-order valence-electron chi connectivity index (χ3n) is 4.37. The van der Waals surface area contributed by atoms with Gasteiger partial charge in [0.05, 0.1) is 6.61 Å². The van der Waals surface area contributed by atoms with E-state index in [1.165, 1.54) is 23.5 Å². The molecule has 1 fully saturated rings. The van der Waals surface area contributed by atoms with Gasteiger partial charge in [0.15, 0.2) is 0 Å². The first-order valence-electron chi connectivity index (χ1n) is 7.90. The summed E-state index contributed by atoms with van der Waals surface area (Å²) in [6, 6.07) is 4.15. The summed E-state index contributed by atoms with van der Waals surface area (Å²) in [6.07, 6.45) is 6.93. The zero-order chi connectivity index (χ0) is 15.4. The average Bonchev–Trinajstić information content (AvgIpc) is 3.13. The third kappa shape index (κ3) is 3.36. The Hall–Kier alpha value is -1.72. The summed E-state index contributed by atoms with van der Waals surface area (Å²) in [6.45, 7) is 6.90. The van der Waals surface area contributed by atoms with Gasteiger partial charge in [-0.1, -0.05) is 6.07 Å². The predicted octanol–water partition coefficient (Wildman–Crippen LogP) is 2.22. The van der Waals surface area contributed by atoms with E-state index in [0.29, 0.717) is 5.92 Å². The van der Waals surface area contributed by atoms with Gasteiger partial charge in [-0.15, -0.1) is 0 Å². The van der Waals surface area contributed by atoms with Crippen molar-refractivity contribution in [3.63, 3.8) is 0 Å². The minimum absolute atomic E-state index is 0.516. The molecule has 1 unspecified atom stereocenters. The van der Waals surface area contributed by atoms with Gasteiger partial charge < -0.3 is 9.30 Å². The van der Waals surface area contributed by atoms with Gasteiger partial charge in [-0.05, 0) is 31.5 Å². The molecule has 2 aromatic rings. The van der Waals surface area contributed by atoms with E-state index < -0.39 is 0 Å². The summed E-state index contributed by atoms with van der Waals surface area (Å²) < 4.78 is 7.53. The highest BCUT2D eigenvalue weighted by Crippen LogP contribution is 2.28. The number of aryl methyl sites for hydroxylation is 1. The van der Waals surface area contributed by atoms with Crippen molar-refractivity contribution in [3.8, 4) is 0 Å². The first-order chi connectivity index (χ1) is 10.8. The molecule has 0 aliphatic carbocycles. The monoisotopic (exact) mass is 300 g/mol. The van der Waals surface area contributed by atoms with Crippen molar-refractivity contribution in [2.24, 2.45) is 0 Å². The standard InChI is InChI=1S/C17H24N4O/c1-14-10-19-17(21(14)8-9-22-2)16-5-7-20(13-16)12-15-4-3-6-18-11-15/h3-4,6,10-11,16H,5,7-9,12-13H2,1-2H3.